The molecule has 140 valence electrons. The van der Waals surface area contributed by atoms with Gasteiger partial charge in [-0.2, -0.15) is 0 Å². The van der Waals surface area contributed by atoms with E-state index in [0.717, 1.165) is 23.5 Å². The summed E-state index contributed by atoms with van der Waals surface area (Å²) in [4.78, 5) is 25.9. The molecule has 0 aromatic carbocycles. The Morgan fingerprint density at radius 2 is 2.04 bits per heavy atom. The topological polar surface area (TPSA) is 68.9 Å². The number of carbonyl (C=O) groups is 1. The van der Waals surface area contributed by atoms with Crippen molar-refractivity contribution in [1.29, 1.82) is 0 Å². The zero-order valence-electron chi connectivity index (χ0n) is 15.0. The minimum absolute atomic E-state index is 0.0579. The molecule has 2 aliphatic rings. The highest BCUT2D eigenvalue weighted by molar-refractivity contribution is 7.13. The van der Waals surface area contributed by atoms with Crippen molar-refractivity contribution >= 4 is 17.2 Å². The van der Waals surface area contributed by atoms with Gasteiger partial charge in [0.1, 0.15) is 0 Å². The number of aromatic nitrogens is 3. The lowest BCUT2D eigenvalue weighted by Gasteiger charge is -2.20. The lowest BCUT2D eigenvalue weighted by Crippen LogP contribution is -2.33. The quantitative estimate of drug-likeness (QED) is 0.809. The lowest BCUT2D eigenvalue weighted by molar-refractivity contribution is -0.122. The summed E-state index contributed by atoms with van der Waals surface area (Å²) in [7, 11) is 0. The van der Waals surface area contributed by atoms with Crippen molar-refractivity contribution in [2.24, 2.45) is 5.92 Å². The molecule has 2 fully saturated rings. The van der Waals surface area contributed by atoms with Crippen LogP contribution in [0.25, 0.3) is 10.7 Å². The monoisotopic (exact) mass is 374 g/mol. The first kappa shape index (κ1) is 17.5. The average Bonchev–Trinajstić information content (AvgIpc) is 3.22. The summed E-state index contributed by atoms with van der Waals surface area (Å²) in [5.41, 5.74) is -0.0579. The van der Waals surface area contributed by atoms with Crippen LogP contribution in [0.15, 0.2) is 22.3 Å². The van der Waals surface area contributed by atoms with E-state index in [0.29, 0.717) is 25.4 Å². The van der Waals surface area contributed by atoms with E-state index in [2.05, 4.69) is 10.4 Å². The predicted molar refractivity (Wildman–Crippen MR) is 102 cm³/mol. The van der Waals surface area contributed by atoms with Gasteiger partial charge in [-0.3, -0.25) is 9.36 Å². The second kappa shape index (κ2) is 7.78. The van der Waals surface area contributed by atoms with Gasteiger partial charge < -0.3 is 5.32 Å². The third-order valence-corrected chi connectivity index (χ3v) is 6.23. The first-order valence-electron chi connectivity index (χ1n) is 9.72. The van der Waals surface area contributed by atoms with Crippen molar-refractivity contribution in [1.82, 2.24) is 19.7 Å². The number of rotatable bonds is 7. The summed E-state index contributed by atoms with van der Waals surface area (Å²) >= 11 is 1.60. The van der Waals surface area contributed by atoms with Crippen LogP contribution in [0.3, 0.4) is 0 Å². The third kappa shape index (κ3) is 3.92. The van der Waals surface area contributed by atoms with Crippen molar-refractivity contribution in [2.45, 2.75) is 64.0 Å². The smallest absolute Gasteiger partial charge is 0.346 e. The summed E-state index contributed by atoms with van der Waals surface area (Å²) in [5.74, 6) is 1.40. The van der Waals surface area contributed by atoms with E-state index in [-0.39, 0.29) is 17.6 Å². The summed E-state index contributed by atoms with van der Waals surface area (Å²) < 4.78 is 3.34. The second-order valence-electron chi connectivity index (χ2n) is 7.47. The van der Waals surface area contributed by atoms with Gasteiger partial charge in [0.15, 0.2) is 5.82 Å². The van der Waals surface area contributed by atoms with Crippen LogP contribution in [0.4, 0.5) is 0 Å². The standard InChI is InChI=1S/C19H26N4O2S/c24-17(13-14-5-2-1-3-6-14)20-10-11-22-19(25)23(15-8-9-15)18(21-22)16-7-4-12-26-16/h4,7,12,14-15H,1-3,5-6,8-11,13H2,(H,20,24). The molecule has 4 rings (SSSR count). The van der Waals surface area contributed by atoms with E-state index in [9.17, 15) is 9.59 Å². The molecule has 1 amide bonds. The van der Waals surface area contributed by atoms with E-state index < -0.39 is 0 Å². The molecule has 26 heavy (non-hydrogen) atoms. The van der Waals surface area contributed by atoms with Gasteiger partial charge in [-0.15, -0.1) is 16.4 Å². The minimum Gasteiger partial charge on any atom is -0.354 e. The van der Waals surface area contributed by atoms with Crippen LogP contribution >= 0.6 is 11.3 Å². The highest BCUT2D eigenvalue weighted by Gasteiger charge is 2.30. The highest BCUT2D eigenvalue weighted by atomic mass is 32.1. The number of thiophene rings is 1. The molecule has 2 aromatic heterocycles. The molecule has 2 aliphatic carbocycles. The molecule has 0 aliphatic heterocycles. The van der Waals surface area contributed by atoms with Crippen LogP contribution in [0, 0.1) is 5.92 Å². The third-order valence-electron chi connectivity index (χ3n) is 5.37. The van der Waals surface area contributed by atoms with E-state index in [1.807, 2.05) is 22.1 Å². The molecule has 0 unspecified atom stereocenters. The first-order chi connectivity index (χ1) is 12.7. The van der Waals surface area contributed by atoms with Crippen LogP contribution in [0.1, 0.15) is 57.4 Å². The Labute approximate surface area is 157 Å². The minimum atomic E-state index is -0.0579. The predicted octanol–water partition coefficient (Wildman–Crippen LogP) is 3.19. The van der Waals surface area contributed by atoms with Crippen molar-refractivity contribution in [3.05, 3.63) is 28.0 Å². The van der Waals surface area contributed by atoms with Crippen molar-refractivity contribution in [2.75, 3.05) is 6.54 Å². The van der Waals surface area contributed by atoms with E-state index in [1.54, 1.807) is 11.3 Å². The molecule has 1 N–H and O–H groups in total. The Morgan fingerprint density at radius 1 is 1.23 bits per heavy atom. The fourth-order valence-corrected chi connectivity index (χ4v) is 4.53. The van der Waals surface area contributed by atoms with Crippen molar-refractivity contribution < 1.29 is 4.79 Å². The maximum Gasteiger partial charge on any atom is 0.346 e. The lowest BCUT2D eigenvalue weighted by atomic mass is 9.87. The Morgan fingerprint density at radius 3 is 2.73 bits per heavy atom. The average molecular weight is 375 g/mol. The SMILES string of the molecule is O=C(CC1CCCCC1)NCCn1nc(-c2cccs2)n(C2CC2)c1=O. The Balaban J connectivity index is 1.37. The molecule has 2 saturated carbocycles. The molecule has 2 heterocycles. The maximum atomic E-state index is 12.7. The number of hydrogen-bond donors (Lipinski definition) is 1. The largest absolute Gasteiger partial charge is 0.354 e. The molecule has 0 atom stereocenters. The fraction of sp³-hybridized carbons (Fsp3) is 0.632. The van der Waals surface area contributed by atoms with Crippen molar-refractivity contribution in [3.8, 4) is 10.7 Å². The number of nitrogens with zero attached hydrogens (tertiary/aromatic N) is 3. The summed E-state index contributed by atoms with van der Waals surface area (Å²) in [5, 5.41) is 9.52. The Bertz CT molecular complexity index is 798. The highest BCUT2D eigenvalue weighted by Crippen LogP contribution is 2.37. The van der Waals surface area contributed by atoms with Gasteiger partial charge in [-0.1, -0.05) is 25.3 Å². The van der Waals surface area contributed by atoms with E-state index >= 15 is 0 Å². The molecular weight excluding hydrogens is 348 g/mol. The number of nitrogens with one attached hydrogen (secondary N) is 1. The Hall–Kier alpha value is -1.89. The Kier molecular flexibility index (Phi) is 5.24. The van der Waals surface area contributed by atoms with E-state index in [4.69, 9.17) is 0 Å². The van der Waals surface area contributed by atoms with Crippen LogP contribution < -0.4 is 11.0 Å². The van der Waals surface area contributed by atoms with Gasteiger partial charge in [-0.25, -0.2) is 9.48 Å². The van der Waals surface area contributed by atoms with Crippen LogP contribution in [-0.4, -0.2) is 26.8 Å². The number of carbonyl (C=O) groups excluding carboxylic acids is 1. The summed E-state index contributed by atoms with van der Waals surface area (Å²) in [6.07, 6.45) is 8.84. The van der Waals surface area contributed by atoms with Gasteiger partial charge in [0, 0.05) is 19.0 Å². The summed E-state index contributed by atoms with van der Waals surface area (Å²) in [6.45, 7) is 0.879. The zero-order valence-corrected chi connectivity index (χ0v) is 15.8. The van der Waals surface area contributed by atoms with Crippen molar-refractivity contribution in [3.63, 3.8) is 0 Å². The van der Waals surface area contributed by atoms with Gasteiger partial charge in [-0.05, 0) is 43.0 Å². The molecule has 0 saturated heterocycles. The molecule has 0 spiro atoms. The summed E-state index contributed by atoms with van der Waals surface area (Å²) in [6, 6.07) is 4.27. The fourth-order valence-electron chi connectivity index (χ4n) is 3.83. The van der Waals surface area contributed by atoms with Gasteiger partial charge in [0.2, 0.25) is 5.91 Å². The molecule has 6 nitrogen and oxygen atoms in total. The van der Waals surface area contributed by atoms with Crippen LogP contribution in [-0.2, 0) is 11.3 Å². The normalized spacial score (nSPS) is 18.2. The van der Waals surface area contributed by atoms with Crippen LogP contribution in [0.2, 0.25) is 0 Å². The zero-order chi connectivity index (χ0) is 17.9. The molecule has 0 bridgehead atoms. The maximum absolute atomic E-state index is 12.7. The van der Waals surface area contributed by atoms with Gasteiger partial charge >= 0.3 is 5.69 Å². The second-order valence-corrected chi connectivity index (χ2v) is 8.41. The first-order valence-corrected chi connectivity index (χ1v) is 10.6. The van der Waals surface area contributed by atoms with Crippen LogP contribution in [0.5, 0.6) is 0 Å². The molecule has 7 heteroatoms. The van der Waals surface area contributed by atoms with Gasteiger partial charge in [0.25, 0.3) is 0 Å². The number of hydrogen-bond acceptors (Lipinski definition) is 4. The molecular formula is C19H26N4O2S. The molecule has 2 aromatic rings. The van der Waals surface area contributed by atoms with E-state index in [1.165, 1.54) is 36.8 Å². The number of amides is 1. The van der Waals surface area contributed by atoms with Gasteiger partial charge in [0.05, 0.1) is 11.4 Å². The molecule has 0 radical (unpaired) electrons.